The molecule has 4 atom stereocenters. The molecule has 21 nitrogen and oxygen atoms in total. The number of pyridine rings is 2. The van der Waals surface area contributed by atoms with E-state index in [1.165, 1.54) is 33.0 Å². The van der Waals surface area contributed by atoms with Gasteiger partial charge in [-0.05, 0) is 105 Å². The first-order valence-electron chi connectivity index (χ1n) is 24.7. The molecule has 0 aliphatic carbocycles. The second kappa shape index (κ2) is 27.2. The number of carbonyl (C=O) groups excluding carboxylic acids is 5. The summed E-state index contributed by atoms with van der Waals surface area (Å²) in [4.78, 5) is 102. The molecule has 2 aromatic carbocycles. The number of carbonyl (C=O) groups is 6. The number of carboxylic acids is 1. The molecule has 0 spiro atoms. The van der Waals surface area contributed by atoms with Crippen LogP contribution in [0.2, 0.25) is 0 Å². The van der Waals surface area contributed by atoms with Gasteiger partial charge >= 0.3 is 5.97 Å². The van der Waals surface area contributed by atoms with Crippen LogP contribution in [-0.2, 0) is 32.3 Å². The summed E-state index contributed by atoms with van der Waals surface area (Å²) >= 11 is 6.43. The number of hydrogen-bond donors (Lipinski definition) is 3. The first-order chi connectivity index (χ1) is 37.7. The highest BCUT2D eigenvalue weighted by Crippen LogP contribution is 2.31. The number of likely N-dealkylation sites (tertiary alicyclic amines) is 2. The molecule has 25 heteroatoms. The Balaban J connectivity index is 0.000000227. The molecule has 2 fully saturated rings. The van der Waals surface area contributed by atoms with E-state index in [-0.39, 0.29) is 101 Å². The number of nitrogen functional groups attached to an aromatic ring is 1. The summed E-state index contributed by atoms with van der Waals surface area (Å²) in [5.74, 6) is -0.588. The standard InChI is InChI=1S/C27H25BrFN7O3.C22H22FN5O4.C5H5BrN2.2CH4/c1-15(37)27-21-8-17(18-11-30-16(2)31-12-18)6-7-22(21)36(34-27)14-26(39)35-13-19(29)9-20(35)10-25(38)33-24-5-3-4-23(28)32-24;1-12(29)22-18-5-14(15-8-24-13(2)25-9-15)3-4-19(18)28(26-22)11-20(30)27-10-16(23)6-17(27)7-21(31)32;6-4-2-1-3-5(7)8-4;;/h3-8,11-12,19-20H,9-10,13-14H2,1-2H3,(H,32,33,38);3-5,8-9,16-17H,6-7,10-11H2,1-2H3,(H,31,32);1-3H,(H2,7,8);2*1H4/t19-,20+;16-,17+;;;/m11.../s1. The van der Waals surface area contributed by atoms with Crippen molar-refractivity contribution in [2.24, 2.45) is 0 Å². The number of anilines is 2. The fourth-order valence-corrected chi connectivity index (χ4v) is 9.93. The van der Waals surface area contributed by atoms with Crippen molar-refractivity contribution in [3.63, 3.8) is 0 Å². The number of ketones is 2. The monoisotopic (exact) mass is 1240 g/mol. The molecule has 10 rings (SSSR count). The van der Waals surface area contributed by atoms with Crippen LogP contribution in [0.4, 0.5) is 20.4 Å². The topological polar surface area (TPSA) is 280 Å². The number of hydrogen-bond acceptors (Lipinski definition) is 15. The molecule has 2 aliphatic rings. The van der Waals surface area contributed by atoms with Gasteiger partial charge in [0.05, 0.1) is 30.5 Å². The summed E-state index contributed by atoms with van der Waals surface area (Å²) in [6.07, 6.45) is 3.96. The molecular formula is C56H60Br2F2N14O7. The molecular weight excluding hydrogens is 1180 g/mol. The molecule has 424 valence electrons. The van der Waals surface area contributed by atoms with Gasteiger partial charge in [-0.3, -0.25) is 38.1 Å². The lowest BCUT2D eigenvalue weighted by molar-refractivity contribution is -0.140. The minimum absolute atomic E-state index is 0. The number of carboxylic acid groups (broad SMARTS) is 1. The predicted molar refractivity (Wildman–Crippen MR) is 308 cm³/mol. The summed E-state index contributed by atoms with van der Waals surface area (Å²) in [5.41, 5.74) is 10.1. The second-order valence-corrected chi connectivity index (χ2v) is 20.4. The van der Waals surface area contributed by atoms with Gasteiger partial charge in [-0.25, -0.2) is 38.7 Å². The third-order valence-corrected chi connectivity index (χ3v) is 13.8. The number of halogens is 4. The van der Waals surface area contributed by atoms with Gasteiger partial charge in [-0.1, -0.05) is 39.1 Å². The molecule has 0 radical (unpaired) electrons. The van der Waals surface area contributed by atoms with Crippen LogP contribution in [0.5, 0.6) is 0 Å². The number of rotatable bonds is 13. The number of amides is 3. The highest BCUT2D eigenvalue weighted by molar-refractivity contribution is 9.10. The minimum atomic E-state index is -1.26. The average molecular weight is 1240 g/mol. The Morgan fingerprint density at radius 1 is 0.630 bits per heavy atom. The van der Waals surface area contributed by atoms with Crippen molar-refractivity contribution in [2.75, 3.05) is 24.1 Å². The number of nitrogens with one attached hydrogen (secondary N) is 1. The van der Waals surface area contributed by atoms with Crippen molar-refractivity contribution in [1.29, 1.82) is 0 Å². The van der Waals surface area contributed by atoms with E-state index in [1.807, 2.05) is 30.3 Å². The zero-order valence-corrected chi connectivity index (χ0v) is 46.2. The van der Waals surface area contributed by atoms with Crippen molar-refractivity contribution < 1.29 is 42.7 Å². The molecule has 0 bridgehead atoms. The van der Waals surface area contributed by atoms with Gasteiger partial charge in [0.25, 0.3) is 0 Å². The lowest BCUT2D eigenvalue weighted by Gasteiger charge is -2.24. The van der Waals surface area contributed by atoms with E-state index in [0.717, 1.165) is 26.9 Å². The Labute approximate surface area is 482 Å². The lowest BCUT2D eigenvalue weighted by atomic mass is 10.0. The summed E-state index contributed by atoms with van der Waals surface area (Å²) < 4.78 is 32.5. The van der Waals surface area contributed by atoms with Crippen LogP contribution in [0.25, 0.3) is 44.1 Å². The van der Waals surface area contributed by atoms with Crippen LogP contribution in [0, 0.1) is 13.8 Å². The Kier molecular flexibility index (Phi) is 20.8. The number of aryl methyl sites for hydroxylation is 2. The van der Waals surface area contributed by atoms with Crippen LogP contribution in [0.3, 0.4) is 0 Å². The van der Waals surface area contributed by atoms with Crippen molar-refractivity contribution in [3.05, 3.63) is 130 Å². The van der Waals surface area contributed by atoms with Crippen molar-refractivity contribution in [3.8, 4) is 22.3 Å². The number of aliphatic carboxylic acids is 1. The fraction of sp³-hybridized carbons (Fsp3) is 0.321. The number of Topliss-reactive ketones (excluding diaryl/α,β-unsaturated/α-hetero) is 2. The molecule has 81 heavy (non-hydrogen) atoms. The van der Waals surface area contributed by atoms with Crippen molar-refractivity contribution in [1.82, 2.24) is 59.3 Å². The number of alkyl halides is 2. The van der Waals surface area contributed by atoms with Crippen LogP contribution >= 0.6 is 31.9 Å². The Bertz CT molecular complexity index is 3590. The second-order valence-electron chi connectivity index (χ2n) is 18.8. The van der Waals surface area contributed by atoms with Gasteiger partial charge in [0.1, 0.15) is 69.3 Å². The first kappa shape index (κ1) is 61.9. The number of nitrogens with two attached hydrogens (primary N) is 1. The van der Waals surface area contributed by atoms with Crippen LogP contribution in [0.1, 0.15) is 87.0 Å². The van der Waals surface area contributed by atoms with Gasteiger partial charge in [0.2, 0.25) is 17.7 Å². The van der Waals surface area contributed by atoms with Gasteiger partial charge in [0.15, 0.2) is 11.6 Å². The third-order valence-electron chi connectivity index (χ3n) is 12.9. The fourth-order valence-electron chi connectivity index (χ4n) is 9.23. The number of nitrogens with zero attached hydrogens (tertiary/aromatic N) is 12. The number of benzene rings is 2. The van der Waals surface area contributed by atoms with E-state index in [2.05, 4.69) is 77.3 Å². The van der Waals surface area contributed by atoms with E-state index in [4.69, 9.17) is 10.8 Å². The van der Waals surface area contributed by atoms with Crippen LogP contribution in [-0.4, -0.2) is 137 Å². The van der Waals surface area contributed by atoms with Crippen molar-refractivity contribution in [2.45, 2.75) is 106 Å². The predicted octanol–water partition coefficient (Wildman–Crippen LogP) is 9.25. The van der Waals surface area contributed by atoms with E-state index < -0.39 is 36.3 Å². The summed E-state index contributed by atoms with van der Waals surface area (Å²) in [5, 5.41) is 21.7. The zero-order chi connectivity index (χ0) is 56.7. The molecule has 6 aromatic heterocycles. The van der Waals surface area contributed by atoms with Crippen LogP contribution < -0.4 is 11.1 Å². The number of aromatic nitrogens is 10. The van der Waals surface area contributed by atoms with Gasteiger partial charge < -0.3 is 26.0 Å². The highest BCUT2D eigenvalue weighted by atomic mass is 79.9. The van der Waals surface area contributed by atoms with E-state index in [0.29, 0.717) is 49.7 Å². The number of fused-ring (bicyclic) bond motifs is 2. The van der Waals surface area contributed by atoms with Crippen molar-refractivity contribution >= 4 is 101 Å². The Hall–Kier alpha value is -8.32. The van der Waals surface area contributed by atoms with Gasteiger partial charge in [0, 0.05) is 91.9 Å². The van der Waals surface area contributed by atoms with Gasteiger partial charge in [-0.15, -0.1) is 0 Å². The minimum Gasteiger partial charge on any atom is -0.481 e. The highest BCUT2D eigenvalue weighted by Gasteiger charge is 2.38. The van der Waals surface area contributed by atoms with E-state index >= 15 is 0 Å². The van der Waals surface area contributed by atoms with E-state index in [9.17, 15) is 37.5 Å². The Morgan fingerprint density at radius 2 is 1.06 bits per heavy atom. The summed E-state index contributed by atoms with van der Waals surface area (Å²) in [6, 6.07) is 20.1. The maximum atomic E-state index is 14.4. The third kappa shape index (κ3) is 15.5. The molecule has 8 aromatic rings. The Morgan fingerprint density at radius 3 is 1.46 bits per heavy atom. The first-order valence-corrected chi connectivity index (χ1v) is 26.3. The van der Waals surface area contributed by atoms with Crippen LogP contribution in [0.15, 0.2) is 107 Å². The zero-order valence-electron chi connectivity index (χ0n) is 43.1. The van der Waals surface area contributed by atoms with E-state index in [1.54, 1.807) is 81.1 Å². The summed E-state index contributed by atoms with van der Waals surface area (Å²) in [7, 11) is 0. The lowest BCUT2D eigenvalue weighted by Crippen LogP contribution is -2.40. The maximum Gasteiger partial charge on any atom is 0.305 e. The molecule has 3 amide bonds. The molecule has 0 unspecified atom stereocenters. The SMILES string of the molecule is C.C.CC(=O)c1nn(CC(=O)N2C[C@H](F)C[C@H]2CC(=O)Nc2cccc(Br)n2)c2ccc(-c3cnc(C)nc3)cc12.CC(=O)c1nn(CC(=O)N2C[C@H](F)C[C@H]2CC(=O)O)c2ccc(-c3cnc(C)nc3)cc12.Nc1cccc(Br)n1. The molecule has 4 N–H and O–H groups in total. The average Bonchev–Trinajstić information content (AvgIpc) is 4.35. The molecule has 8 heterocycles. The maximum absolute atomic E-state index is 14.4. The largest absolute Gasteiger partial charge is 0.481 e. The smallest absolute Gasteiger partial charge is 0.305 e. The molecule has 0 saturated carbocycles. The normalized spacial score (nSPS) is 16.3. The quantitative estimate of drug-likeness (QED) is 0.0716. The van der Waals surface area contributed by atoms with Gasteiger partial charge in [-0.2, -0.15) is 10.2 Å². The molecule has 2 aliphatic heterocycles. The summed E-state index contributed by atoms with van der Waals surface area (Å²) in [6.45, 7) is 5.72. The molecule has 2 saturated heterocycles.